The second-order valence-corrected chi connectivity index (χ2v) is 15.0. The van der Waals surface area contributed by atoms with Crippen LogP contribution in [-0.2, 0) is 5.41 Å². The highest BCUT2D eigenvalue weighted by atomic mass is 14.4. The average molecular weight is 647 g/mol. The molecule has 0 saturated heterocycles. The number of benzene rings is 10. The van der Waals surface area contributed by atoms with Gasteiger partial charge in [0, 0.05) is 5.41 Å². The molecule has 0 unspecified atom stereocenters. The molecular formula is C51H34. The maximum atomic E-state index is 2.45. The van der Waals surface area contributed by atoms with Crippen LogP contribution in [0.15, 0.2) is 170 Å². The van der Waals surface area contributed by atoms with E-state index in [0.717, 1.165) is 0 Å². The molecular weight excluding hydrogens is 613 g/mol. The Bertz CT molecular complexity index is 3100. The van der Waals surface area contributed by atoms with Crippen molar-refractivity contribution in [2.75, 3.05) is 0 Å². The van der Waals surface area contributed by atoms with E-state index in [2.05, 4.69) is 184 Å². The predicted octanol–water partition coefficient (Wildman–Crippen LogP) is 14.2. The van der Waals surface area contributed by atoms with Crippen LogP contribution in [0.3, 0.4) is 0 Å². The maximum Gasteiger partial charge on any atom is 0.0159 e. The zero-order chi connectivity index (χ0) is 33.8. The molecule has 10 aromatic rings. The number of fused-ring (bicyclic) bond motifs is 12. The lowest BCUT2D eigenvalue weighted by Gasteiger charge is -2.21. The summed E-state index contributed by atoms with van der Waals surface area (Å²) in [5.41, 5.74) is 10.6. The van der Waals surface area contributed by atoms with Crippen LogP contribution < -0.4 is 0 Å². The molecule has 0 bridgehead atoms. The predicted molar refractivity (Wildman–Crippen MR) is 220 cm³/mol. The van der Waals surface area contributed by atoms with Gasteiger partial charge in [0.05, 0.1) is 0 Å². The molecule has 0 aromatic heterocycles. The van der Waals surface area contributed by atoms with Crippen molar-refractivity contribution in [2.45, 2.75) is 19.3 Å². The SMILES string of the molecule is CC1(C)c2ccccc2-c2cc3c(ccc4c5ccc(-c6ccc7cc(-c8ccc9c(ccc%10ccccc%109)c8)ccc7c6)cc5ccc34)cc21. The van der Waals surface area contributed by atoms with Crippen LogP contribution in [0.25, 0.3) is 98.0 Å². The normalized spacial score (nSPS) is 13.5. The van der Waals surface area contributed by atoms with Gasteiger partial charge in [0.15, 0.2) is 0 Å². The quantitative estimate of drug-likeness (QED) is 0.164. The first-order chi connectivity index (χ1) is 25.0. The summed E-state index contributed by atoms with van der Waals surface area (Å²) in [4.78, 5) is 0. The fraction of sp³-hybridized carbons (Fsp3) is 0.0588. The molecule has 0 heterocycles. The van der Waals surface area contributed by atoms with Crippen LogP contribution in [0.4, 0.5) is 0 Å². The van der Waals surface area contributed by atoms with Gasteiger partial charge in [-0.15, -0.1) is 0 Å². The first kappa shape index (κ1) is 28.6. The second-order valence-electron chi connectivity index (χ2n) is 15.0. The lowest BCUT2D eigenvalue weighted by molar-refractivity contribution is 0.661. The Morgan fingerprint density at radius 3 is 1.43 bits per heavy atom. The smallest absolute Gasteiger partial charge is 0.0159 e. The Morgan fingerprint density at radius 2 is 0.725 bits per heavy atom. The van der Waals surface area contributed by atoms with Crippen molar-refractivity contribution < 1.29 is 0 Å². The Hall–Kier alpha value is -6.24. The van der Waals surface area contributed by atoms with Gasteiger partial charge in [0.2, 0.25) is 0 Å². The molecule has 0 fully saturated rings. The van der Waals surface area contributed by atoms with Crippen molar-refractivity contribution in [3.8, 4) is 33.4 Å². The van der Waals surface area contributed by atoms with E-state index in [-0.39, 0.29) is 5.41 Å². The Labute approximate surface area is 297 Å². The molecule has 0 spiro atoms. The van der Waals surface area contributed by atoms with Gasteiger partial charge in [-0.1, -0.05) is 147 Å². The van der Waals surface area contributed by atoms with Crippen LogP contribution in [0.2, 0.25) is 0 Å². The van der Waals surface area contributed by atoms with Crippen molar-refractivity contribution in [2.24, 2.45) is 0 Å². The van der Waals surface area contributed by atoms with Gasteiger partial charge in [0.25, 0.3) is 0 Å². The molecule has 0 radical (unpaired) electrons. The lowest BCUT2D eigenvalue weighted by Crippen LogP contribution is -2.14. The molecule has 0 saturated carbocycles. The first-order valence-corrected chi connectivity index (χ1v) is 18.0. The molecule has 0 atom stereocenters. The first-order valence-electron chi connectivity index (χ1n) is 18.0. The Balaban J connectivity index is 0.959. The summed E-state index contributed by atoms with van der Waals surface area (Å²) in [6.45, 7) is 4.71. The maximum absolute atomic E-state index is 2.45. The third kappa shape index (κ3) is 4.20. The van der Waals surface area contributed by atoms with E-state index in [1.165, 1.54) is 109 Å². The summed E-state index contributed by atoms with van der Waals surface area (Å²) in [6.07, 6.45) is 0. The highest BCUT2D eigenvalue weighted by molar-refractivity contribution is 6.18. The fourth-order valence-corrected chi connectivity index (χ4v) is 9.05. The van der Waals surface area contributed by atoms with Crippen LogP contribution >= 0.6 is 0 Å². The van der Waals surface area contributed by atoms with Crippen LogP contribution in [0, 0.1) is 0 Å². The van der Waals surface area contributed by atoms with Gasteiger partial charge in [-0.2, -0.15) is 0 Å². The highest BCUT2D eigenvalue weighted by Gasteiger charge is 2.35. The molecule has 1 aliphatic rings. The minimum Gasteiger partial charge on any atom is -0.0619 e. The van der Waals surface area contributed by atoms with E-state index < -0.39 is 0 Å². The van der Waals surface area contributed by atoms with E-state index in [9.17, 15) is 0 Å². The monoisotopic (exact) mass is 646 g/mol. The van der Waals surface area contributed by atoms with E-state index in [1.54, 1.807) is 0 Å². The summed E-state index contributed by atoms with van der Waals surface area (Å²) in [7, 11) is 0. The summed E-state index contributed by atoms with van der Waals surface area (Å²) in [5.74, 6) is 0. The summed E-state index contributed by atoms with van der Waals surface area (Å²) < 4.78 is 0. The van der Waals surface area contributed by atoms with Gasteiger partial charge in [-0.05, 0) is 146 Å². The summed E-state index contributed by atoms with van der Waals surface area (Å²) in [5, 5.41) is 15.5. The van der Waals surface area contributed by atoms with E-state index in [1.807, 2.05) is 0 Å². The van der Waals surface area contributed by atoms with Crippen molar-refractivity contribution in [1.29, 1.82) is 0 Å². The van der Waals surface area contributed by atoms with E-state index >= 15 is 0 Å². The standard InChI is InChI=1S/C51H34/c1-51(2)49-10-6-5-9-46(49)48-30-47-40(29-50(48)51)20-23-44-43-22-18-37(28-39(43)19-24-45(44)47)35-15-13-32-25-34(14-12-33(32)26-35)36-17-21-42-38(27-36)16-11-31-7-3-4-8-41(31)42/h3-30H,1-2H3. The zero-order valence-electron chi connectivity index (χ0n) is 28.7. The van der Waals surface area contributed by atoms with E-state index in [4.69, 9.17) is 0 Å². The van der Waals surface area contributed by atoms with Crippen molar-refractivity contribution in [1.82, 2.24) is 0 Å². The Morgan fingerprint density at radius 1 is 0.275 bits per heavy atom. The van der Waals surface area contributed by atoms with Crippen LogP contribution in [0.5, 0.6) is 0 Å². The van der Waals surface area contributed by atoms with Gasteiger partial charge >= 0.3 is 0 Å². The van der Waals surface area contributed by atoms with Gasteiger partial charge in [-0.3, -0.25) is 0 Å². The lowest BCUT2D eigenvalue weighted by atomic mass is 9.81. The van der Waals surface area contributed by atoms with Gasteiger partial charge in [-0.25, -0.2) is 0 Å². The molecule has 0 aliphatic heterocycles. The molecule has 0 N–H and O–H groups in total. The number of rotatable bonds is 2. The topological polar surface area (TPSA) is 0 Å². The minimum atomic E-state index is 0.00715. The third-order valence-corrected chi connectivity index (χ3v) is 11.8. The average Bonchev–Trinajstić information content (AvgIpc) is 3.41. The summed E-state index contributed by atoms with van der Waals surface area (Å²) in [6, 6.07) is 63.8. The van der Waals surface area contributed by atoms with E-state index in [0.29, 0.717) is 0 Å². The minimum absolute atomic E-state index is 0.00715. The molecule has 10 aromatic carbocycles. The molecule has 238 valence electrons. The molecule has 0 amide bonds. The second kappa shape index (κ2) is 10.4. The molecule has 0 heteroatoms. The van der Waals surface area contributed by atoms with Gasteiger partial charge < -0.3 is 0 Å². The third-order valence-electron chi connectivity index (χ3n) is 11.8. The number of hydrogen-bond acceptors (Lipinski definition) is 0. The molecule has 11 rings (SSSR count). The largest absolute Gasteiger partial charge is 0.0619 e. The van der Waals surface area contributed by atoms with Crippen molar-refractivity contribution >= 4 is 64.6 Å². The van der Waals surface area contributed by atoms with Gasteiger partial charge in [0.1, 0.15) is 0 Å². The zero-order valence-corrected chi connectivity index (χ0v) is 28.7. The molecule has 1 aliphatic carbocycles. The molecule has 51 heavy (non-hydrogen) atoms. The van der Waals surface area contributed by atoms with Crippen molar-refractivity contribution in [3.05, 3.63) is 181 Å². The Kier molecular flexibility index (Phi) is 5.82. The highest BCUT2D eigenvalue weighted by Crippen LogP contribution is 2.50. The molecule has 0 nitrogen and oxygen atoms in total. The fourth-order valence-electron chi connectivity index (χ4n) is 9.05. The van der Waals surface area contributed by atoms with Crippen LogP contribution in [-0.4, -0.2) is 0 Å². The van der Waals surface area contributed by atoms with Crippen molar-refractivity contribution in [3.63, 3.8) is 0 Å². The summed E-state index contributed by atoms with van der Waals surface area (Å²) >= 11 is 0. The van der Waals surface area contributed by atoms with Crippen LogP contribution in [0.1, 0.15) is 25.0 Å². The number of hydrogen-bond donors (Lipinski definition) is 0.